The highest BCUT2D eigenvalue weighted by Gasteiger charge is 2.35. The van der Waals surface area contributed by atoms with E-state index >= 15 is 0 Å². The van der Waals surface area contributed by atoms with Crippen molar-refractivity contribution in [3.05, 3.63) is 0 Å². The number of likely N-dealkylation sites (tertiary alicyclic amines) is 1. The third kappa shape index (κ3) is 3.68. The maximum absolute atomic E-state index is 12.1. The average molecular weight is 264 g/mol. The SMILES string of the molecule is N#CC1(NC(=O)CN2CCC(CN)CC2)CCCC1. The number of rotatable bonds is 4. The Morgan fingerprint density at radius 1 is 1.37 bits per heavy atom. The Kier molecular flexibility index (Phi) is 4.78. The summed E-state index contributed by atoms with van der Waals surface area (Å²) in [5.41, 5.74) is 5.07. The number of nitrogens with one attached hydrogen (secondary N) is 1. The van der Waals surface area contributed by atoms with Crippen LogP contribution in [-0.4, -0.2) is 42.5 Å². The molecule has 0 aromatic heterocycles. The lowest BCUT2D eigenvalue weighted by Crippen LogP contribution is -2.50. The van der Waals surface area contributed by atoms with Crippen LogP contribution in [0.1, 0.15) is 38.5 Å². The van der Waals surface area contributed by atoms with Gasteiger partial charge in [0.2, 0.25) is 5.91 Å². The largest absolute Gasteiger partial charge is 0.337 e. The Labute approximate surface area is 115 Å². The molecule has 2 rings (SSSR count). The second-order valence-corrected chi connectivity index (χ2v) is 5.90. The summed E-state index contributed by atoms with van der Waals surface area (Å²) >= 11 is 0. The number of piperidine rings is 1. The molecular weight excluding hydrogens is 240 g/mol. The smallest absolute Gasteiger partial charge is 0.235 e. The van der Waals surface area contributed by atoms with E-state index < -0.39 is 5.54 Å². The first-order chi connectivity index (χ1) is 9.17. The molecule has 2 aliphatic rings. The predicted molar refractivity (Wildman–Crippen MR) is 73.2 cm³/mol. The Balaban J connectivity index is 1.77. The summed E-state index contributed by atoms with van der Waals surface area (Å²) in [6, 6.07) is 2.29. The summed E-state index contributed by atoms with van der Waals surface area (Å²) in [6.07, 6.45) is 5.82. The number of hydrogen-bond donors (Lipinski definition) is 2. The summed E-state index contributed by atoms with van der Waals surface area (Å²) in [6.45, 7) is 3.04. The third-order valence-electron chi connectivity index (χ3n) is 4.46. The van der Waals surface area contributed by atoms with Gasteiger partial charge in [-0.3, -0.25) is 9.69 Å². The normalized spacial score (nSPS) is 24.0. The Morgan fingerprint density at radius 3 is 2.53 bits per heavy atom. The quantitative estimate of drug-likeness (QED) is 0.779. The fourth-order valence-electron chi connectivity index (χ4n) is 3.13. The summed E-state index contributed by atoms with van der Waals surface area (Å²) in [5.74, 6) is 0.606. The topological polar surface area (TPSA) is 82.2 Å². The molecule has 0 aromatic carbocycles. The van der Waals surface area contributed by atoms with Crippen LogP contribution in [0.4, 0.5) is 0 Å². The van der Waals surface area contributed by atoms with Crippen molar-refractivity contribution in [1.82, 2.24) is 10.2 Å². The molecule has 2 fully saturated rings. The minimum Gasteiger partial charge on any atom is -0.337 e. The Morgan fingerprint density at radius 2 is 2.00 bits per heavy atom. The van der Waals surface area contributed by atoms with Crippen molar-refractivity contribution in [3.8, 4) is 6.07 Å². The van der Waals surface area contributed by atoms with Crippen LogP contribution in [0.2, 0.25) is 0 Å². The zero-order chi connectivity index (χ0) is 13.7. The van der Waals surface area contributed by atoms with E-state index in [1.54, 1.807) is 0 Å². The van der Waals surface area contributed by atoms with Crippen LogP contribution in [0.25, 0.3) is 0 Å². The third-order valence-corrected chi connectivity index (χ3v) is 4.46. The van der Waals surface area contributed by atoms with Crippen LogP contribution >= 0.6 is 0 Å². The molecule has 106 valence electrons. The number of carbonyl (C=O) groups excluding carboxylic acids is 1. The zero-order valence-electron chi connectivity index (χ0n) is 11.5. The van der Waals surface area contributed by atoms with Crippen molar-refractivity contribution in [3.63, 3.8) is 0 Å². The van der Waals surface area contributed by atoms with E-state index in [4.69, 9.17) is 5.73 Å². The van der Waals surface area contributed by atoms with Crippen LogP contribution in [-0.2, 0) is 4.79 Å². The van der Waals surface area contributed by atoms with Gasteiger partial charge in [-0.2, -0.15) is 5.26 Å². The van der Waals surface area contributed by atoms with Crippen molar-refractivity contribution in [2.45, 2.75) is 44.1 Å². The van der Waals surface area contributed by atoms with Crippen LogP contribution in [0.5, 0.6) is 0 Å². The van der Waals surface area contributed by atoms with Crippen LogP contribution in [0.15, 0.2) is 0 Å². The van der Waals surface area contributed by atoms with Crippen molar-refractivity contribution >= 4 is 5.91 Å². The van der Waals surface area contributed by atoms with Crippen LogP contribution < -0.4 is 11.1 Å². The molecule has 1 aliphatic carbocycles. The lowest BCUT2D eigenvalue weighted by atomic mass is 9.97. The average Bonchev–Trinajstić information content (AvgIpc) is 2.88. The van der Waals surface area contributed by atoms with Gasteiger partial charge in [0.1, 0.15) is 5.54 Å². The van der Waals surface area contributed by atoms with Gasteiger partial charge in [0, 0.05) is 0 Å². The molecule has 1 heterocycles. The molecule has 3 N–H and O–H groups in total. The van der Waals surface area contributed by atoms with Gasteiger partial charge in [-0.25, -0.2) is 0 Å². The van der Waals surface area contributed by atoms with E-state index in [9.17, 15) is 10.1 Å². The molecule has 0 atom stereocenters. The molecule has 0 unspecified atom stereocenters. The first-order valence-electron chi connectivity index (χ1n) is 7.32. The van der Waals surface area contributed by atoms with E-state index in [-0.39, 0.29) is 5.91 Å². The molecule has 1 saturated heterocycles. The molecule has 5 nitrogen and oxygen atoms in total. The van der Waals surface area contributed by atoms with Gasteiger partial charge in [-0.15, -0.1) is 0 Å². The number of nitrogens with two attached hydrogens (primary N) is 1. The molecule has 0 bridgehead atoms. The first kappa shape index (κ1) is 14.3. The number of amides is 1. The fraction of sp³-hybridized carbons (Fsp3) is 0.857. The van der Waals surface area contributed by atoms with E-state index in [1.807, 2.05) is 0 Å². The predicted octanol–water partition coefficient (Wildman–Crippen LogP) is 0.610. The Bertz CT molecular complexity index is 349. The number of nitriles is 1. The highest BCUT2D eigenvalue weighted by atomic mass is 16.2. The van der Waals surface area contributed by atoms with Crippen LogP contribution in [0.3, 0.4) is 0 Å². The van der Waals surface area contributed by atoms with Gasteiger partial charge in [0.05, 0.1) is 12.6 Å². The maximum Gasteiger partial charge on any atom is 0.235 e. The Hall–Kier alpha value is -1.12. The van der Waals surface area contributed by atoms with E-state index in [0.29, 0.717) is 12.5 Å². The standard InChI is InChI=1S/C14H24N4O/c15-9-12-3-7-18(8-4-12)10-13(19)17-14(11-16)5-1-2-6-14/h12H,1-10,15H2,(H,17,19). The van der Waals surface area contributed by atoms with Gasteiger partial charge < -0.3 is 11.1 Å². The van der Waals surface area contributed by atoms with Gasteiger partial charge in [0.25, 0.3) is 0 Å². The minimum absolute atomic E-state index is 0.00496. The summed E-state index contributed by atoms with van der Waals surface area (Å²) < 4.78 is 0. The lowest BCUT2D eigenvalue weighted by Gasteiger charge is -2.31. The first-order valence-corrected chi connectivity index (χ1v) is 7.32. The molecule has 0 radical (unpaired) electrons. The molecule has 5 heteroatoms. The van der Waals surface area contributed by atoms with Crippen molar-refractivity contribution in [2.24, 2.45) is 11.7 Å². The van der Waals surface area contributed by atoms with E-state index in [0.717, 1.165) is 58.2 Å². The molecule has 1 aliphatic heterocycles. The van der Waals surface area contributed by atoms with Crippen molar-refractivity contribution < 1.29 is 4.79 Å². The highest BCUT2D eigenvalue weighted by molar-refractivity contribution is 5.79. The second-order valence-electron chi connectivity index (χ2n) is 5.90. The van der Waals surface area contributed by atoms with Crippen LogP contribution in [0, 0.1) is 17.2 Å². The summed E-state index contributed by atoms with van der Waals surface area (Å²) in [4.78, 5) is 14.2. The highest BCUT2D eigenvalue weighted by Crippen LogP contribution is 2.28. The van der Waals surface area contributed by atoms with Gasteiger partial charge >= 0.3 is 0 Å². The molecule has 0 aromatic rings. The molecular formula is C14H24N4O. The van der Waals surface area contributed by atoms with Gasteiger partial charge in [-0.1, -0.05) is 0 Å². The zero-order valence-corrected chi connectivity index (χ0v) is 11.5. The minimum atomic E-state index is -0.591. The van der Waals surface area contributed by atoms with Crippen molar-refractivity contribution in [1.29, 1.82) is 5.26 Å². The van der Waals surface area contributed by atoms with Gasteiger partial charge in [0.15, 0.2) is 0 Å². The fourth-order valence-corrected chi connectivity index (χ4v) is 3.13. The molecule has 0 spiro atoms. The number of nitrogens with zero attached hydrogens (tertiary/aromatic N) is 2. The molecule has 1 saturated carbocycles. The molecule has 1 amide bonds. The number of carbonyl (C=O) groups is 1. The molecule has 19 heavy (non-hydrogen) atoms. The number of hydrogen-bond acceptors (Lipinski definition) is 4. The monoisotopic (exact) mass is 264 g/mol. The van der Waals surface area contributed by atoms with Crippen molar-refractivity contribution in [2.75, 3.05) is 26.2 Å². The van der Waals surface area contributed by atoms with E-state index in [2.05, 4.69) is 16.3 Å². The van der Waals surface area contributed by atoms with E-state index in [1.165, 1.54) is 0 Å². The summed E-state index contributed by atoms with van der Waals surface area (Å²) in [7, 11) is 0. The van der Waals surface area contributed by atoms with Gasteiger partial charge in [-0.05, 0) is 64.1 Å². The summed E-state index contributed by atoms with van der Waals surface area (Å²) in [5, 5.41) is 12.2. The maximum atomic E-state index is 12.1. The second kappa shape index (κ2) is 6.36. The lowest BCUT2D eigenvalue weighted by molar-refractivity contribution is -0.123.